The number of aromatic nitrogens is 5. The van der Waals surface area contributed by atoms with Crippen molar-refractivity contribution >= 4 is 50.6 Å². The lowest BCUT2D eigenvalue weighted by atomic mass is 9.91. The van der Waals surface area contributed by atoms with Gasteiger partial charge in [0.2, 0.25) is 11.8 Å². The van der Waals surface area contributed by atoms with E-state index in [-0.39, 0.29) is 101 Å². The van der Waals surface area contributed by atoms with Crippen molar-refractivity contribution in [3.63, 3.8) is 0 Å². The maximum atomic E-state index is 17.1. The molecule has 8 atom stereocenters. The van der Waals surface area contributed by atoms with Crippen molar-refractivity contribution in [2.24, 2.45) is 5.92 Å². The second kappa shape index (κ2) is 20.6. The number of pyridine rings is 1. The minimum absolute atomic E-state index is 0.00151. The number of carbonyl (C=O) groups excluding carboxylic acids is 2. The molecule has 2 amide bonds. The molecule has 7 aromatic rings. The van der Waals surface area contributed by atoms with Crippen LogP contribution in [-0.2, 0) is 9.59 Å². The number of aliphatic hydroxyl groups is 1. The zero-order chi connectivity index (χ0) is 53.3. The molecule has 0 saturated carbocycles. The third-order valence-electron chi connectivity index (χ3n) is 16.7. The molecule has 0 aliphatic carbocycles. The van der Waals surface area contributed by atoms with Gasteiger partial charge in [-0.2, -0.15) is 9.97 Å². The average Bonchev–Trinajstić information content (AvgIpc) is 4.33. The first-order valence-electron chi connectivity index (χ1n) is 26.7. The molecule has 5 fully saturated rings. The van der Waals surface area contributed by atoms with E-state index < -0.39 is 35.5 Å². The number of likely N-dealkylation sites (tertiary alicyclic amines) is 1. The highest BCUT2D eigenvalue weighted by Gasteiger charge is 2.50. The summed E-state index contributed by atoms with van der Waals surface area (Å²) in [5.41, 5.74) is 4.31. The highest BCUT2D eigenvalue weighted by molar-refractivity contribution is 7.13. The first kappa shape index (κ1) is 51.0. The second-order valence-corrected chi connectivity index (χ2v) is 22.8. The van der Waals surface area contributed by atoms with Gasteiger partial charge in [-0.25, -0.2) is 18.2 Å². The Bertz CT molecular complexity index is 3370. The quantitative estimate of drug-likeness (QED) is 0.0887. The summed E-state index contributed by atoms with van der Waals surface area (Å²) in [7, 11) is 0. The van der Waals surface area contributed by atoms with Gasteiger partial charge in [-0.05, 0) is 92.6 Å². The molecule has 12 rings (SSSR count). The van der Waals surface area contributed by atoms with Gasteiger partial charge in [-0.1, -0.05) is 62.4 Å². The summed E-state index contributed by atoms with van der Waals surface area (Å²) < 4.78 is 65.8. The van der Waals surface area contributed by atoms with Gasteiger partial charge in [0, 0.05) is 67.4 Å². The van der Waals surface area contributed by atoms with E-state index in [0.29, 0.717) is 42.0 Å². The van der Waals surface area contributed by atoms with Crippen molar-refractivity contribution in [1.29, 1.82) is 0 Å². The van der Waals surface area contributed by atoms with Crippen LogP contribution in [0.1, 0.15) is 94.7 Å². The van der Waals surface area contributed by atoms with E-state index in [9.17, 15) is 19.1 Å². The third-order valence-corrected chi connectivity index (χ3v) is 17.6. The number of amides is 2. The number of nitrogens with one attached hydrogen (secondary N) is 2. The van der Waals surface area contributed by atoms with Gasteiger partial charge in [0.25, 0.3) is 5.88 Å². The summed E-state index contributed by atoms with van der Waals surface area (Å²) in [4.78, 5) is 53.9. The van der Waals surface area contributed by atoms with Crippen molar-refractivity contribution in [1.82, 2.24) is 45.5 Å². The molecule has 9 heterocycles. The van der Waals surface area contributed by atoms with Crippen molar-refractivity contribution in [3.05, 3.63) is 107 Å². The van der Waals surface area contributed by atoms with E-state index in [1.165, 1.54) is 23.2 Å². The van der Waals surface area contributed by atoms with Gasteiger partial charge in [-0.3, -0.25) is 19.5 Å². The Morgan fingerprint density at radius 3 is 2.53 bits per heavy atom. The number of hydrogen-bond acceptors (Lipinski definition) is 15. The number of piperazine rings is 1. The molecular formula is C57H61F3N10O6S. The van der Waals surface area contributed by atoms with E-state index in [1.54, 1.807) is 29.5 Å². The van der Waals surface area contributed by atoms with E-state index in [4.69, 9.17) is 24.0 Å². The molecule has 3 aromatic carbocycles. The van der Waals surface area contributed by atoms with E-state index in [0.717, 1.165) is 72.8 Å². The predicted molar refractivity (Wildman–Crippen MR) is 284 cm³/mol. The van der Waals surface area contributed by atoms with Crippen LogP contribution in [0.15, 0.2) is 76.9 Å². The maximum Gasteiger partial charge on any atom is 0.319 e. The van der Waals surface area contributed by atoms with Crippen molar-refractivity contribution in [2.75, 3.05) is 44.3 Å². The zero-order valence-corrected chi connectivity index (χ0v) is 44.2. The summed E-state index contributed by atoms with van der Waals surface area (Å²) in [6.07, 6.45) is 6.19. The number of aryl methyl sites for hydroxylation is 1. The summed E-state index contributed by atoms with van der Waals surface area (Å²) >= 11 is 1.58. The minimum atomic E-state index is -1.08. The van der Waals surface area contributed by atoms with Crippen LogP contribution in [-0.4, -0.2) is 127 Å². The Balaban J connectivity index is 0.727. The summed E-state index contributed by atoms with van der Waals surface area (Å²) in [5, 5.41) is 22.5. The lowest BCUT2D eigenvalue weighted by molar-refractivity contribution is -0.141. The number of fused-ring (bicyclic) bond motifs is 5. The largest absolute Gasteiger partial charge is 0.474 e. The molecule has 16 nitrogen and oxygen atoms in total. The molecule has 5 saturated heterocycles. The van der Waals surface area contributed by atoms with Gasteiger partial charge in [0.15, 0.2) is 23.2 Å². The number of rotatable bonds is 15. The fourth-order valence-corrected chi connectivity index (χ4v) is 13.6. The molecular weight excluding hydrogens is 1010 g/mol. The Morgan fingerprint density at radius 2 is 1.77 bits per heavy atom. The van der Waals surface area contributed by atoms with Crippen molar-refractivity contribution in [3.8, 4) is 33.6 Å². The van der Waals surface area contributed by atoms with E-state index >= 15 is 8.78 Å². The molecule has 20 heteroatoms. The molecule has 2 bridgehead atoms. The summed E-state index contributed by atoms with van der Waals surface area (Å²) in [6.45, 7) is 10.3. The number of carbonyl (C=O) groups is 2. The molecule has 4 aromatic heterocycles. The highest BCUT2D eigenvalue weighted by atomic mass is 32.1. The first-order chi connectivity index (χ1) is 37.2. The normalized spacial score (nSPS) is 24.0. The summed E-state index contributed by atoms with van der Waals surface area (Å²) in [5.74, 6) is -3.57. The number of halogens is 3. The van der Waals surface area contributed by atoms with Crippen LogP contribution >= 0.6 is 11.3 Å². The van der Waals surface area contributed by atoms with Crippen LogP contribution in [0.3, 0.4) is 0 Å². The SMILES string of the molecule is Cc1ncsc1-c1ccc([C@H](C)NC(=O)[C@@H]2C[C@@H](O)CN2C(=O)[C@H](c2cc(OC[C@@H]3CC[C@]4(COc5nc(N6CC7CCC(C6)N7)c6cnc(-c7cccc8ccc(F)c(F)c78)c(F)c6n5)CCCN34)no2)C(C)C)cc1. The number of hydrogen-bond donors (Lipinski definition) is 3. The zero-order valence-electron chi connectivity index (χ0n) is 43.3. The number of aliphatic hydroxyl groups excluding tert-OH is 1. The number of ether oxygens (including phenoxy) is 2. The van der Waals surface area contributed by atoms with Crippen LogP contribution < -0.4 is 25.0 Å². The van der Waals surface area contributed by atoms with Gasteiger partial charge in [-0.15, -0.1) is 11.3 Å². The van der Waals surface area contributed by atoms with Gasteiger partial charge in [0.05, 0.1) is 39.2 Å². The van der Waals surface area contributed by atoms with Crippen LogP contribution in [0.4, 0.5) is 19.0 Å². The predicted octanol–water partition coefficient (Wildman–Crippen LogP) is 8.66. The van der Waals surface area contributed by atoms with Crippen LogP contribution in [0.2, 0.25) is 0 Å². The molecule has 77 heavy (non-hydrogen) atoms. The first-order valence-corrected chi connectivity index (χ1v) is 27.6. The molecule has 2 unspecified atom stereocenters. The molecule has 0 spiro atoms. The standard InChI is InChI=1S/C57H61F3N10O6S/c1-30(2)46(55(73)69-26-39(71)21-43(69)54(72)63-31(3)33-9-11-35(12-10-33)52-32(4)62-29-77-52)44-22-45(67-76-44)74-27-38-17-19-57(18-6-20-70(38)57)28-75-56-65-51-41(53(66-56)68-24-36-14-15-37(25-68)64-36)23-61-50(49(51)60)40-8-5-7-34-13-16-42(58)48(59)47(34)40/h5,7-13,16,22-23,29-31,36-39,43,46,64,71H,6,14-15,17-21,24-28H2,1-4H3,(H,63,72)/t31-,36?,37?,38-,39+,43-,46-,57-/m0/s1. The van der Waals surface area contributed by atoms with Crippen molar-refractivity contribution < 1.29 is 41.9 Å². The number of benzene rings is 3. The van der Waals surface area contributed by atoms with E-state index in [2.05, 4.69) is 35.6 Å². The maximum absolute atomic E-state index is 17.1. The Labute approximate surface area is 447 Å². The lowest BCUT2D eigenvalue weighted by Crippen LogP contribution is -2.51. The number of nitrogens with zero attached hydrogens (tertiary/aromatic N) is 8. The fraction of sp³-hybridized carbons (Fsp3) is 0.456. The Hall–Kier alpha value is -6.74. The topological polar surface area (TPSA) is 184 Å². The number of thiazole rings is 1. The smallest absolute Gasteiger partial charge is 0.319 e. The fourth-order valence-electron chi connectivity index (χ4n) is 12.8. The average molecular weight is 1070 g/mol. The Kier molecular flexibility index (Phi) is 13.6. The lowest BCUT2D eigenvalue weighted by Gasteiger charge is -2.35. The van der Waals surface area contributed by atoms with Gasteiger partial charge >= 0.3 is 6.01 Å². The summed E-state index contributed by atoms with van der Waals surface area (Å²) in [6, 6.07) is 16.3. The number of β-amino-alcohol motifs (C(OH)–C–C–N with tert-alkyl or cyclic N) is 1. The molecule has 5 aliphatic rings. The molecule has 0 radical (unpaired) electrons. The third kappa shape index (κ3) is 9.54. The number of anilines is 1. The van der Waals surface area contributed by atoms with Gasteiger partial charge in [0.1, 0.15) is 42.2 Å². The second-order valence-electron chi connectivity index (χ2n) is 21.9. The highest BCUT2D eigenvalue weighted by Crippen LogP contribution is 2.44. The molecule has 3 N–H and O–H groups in total. The Morgan fingerprint density at radius 1 is 0.961 bits per heavy atom. The molecule has 402 valence electrons. The van der Waals surface area contributed by atoms with Gasteiger partial charge < -0.3 is 39.5 Å². The monoisotopic (exact) mass is 1070 g/mol. The van der Waals surface area contributed by atoms with Crippen molar-refractivity contribution in [2.45, 2.75) is 120 Å². The molecule has 5 aliphatic heterocycles. The van der Waals surface area contributed by atoms with Crippen LogP contribution in [0.25, 0.3) is 43.4 Å². The van der Waals surface area contributed by atoms with E-state index in [1.807, 2.05) is 57.5 Å². The minimum Gasteiger partial charge on any atom is -0.474 e. The van der Waals surface area contributed by atoms with Crippen LogP contribution in [0, 0.1) is 30.3 Å². The van der Waals surface area contributed by atoms with Crippen LogP contribution in [0.5, 0.6) is 11.9 Å².